The van der Waals surface area contributed by atoms with Gasteiger partial charge in [-0.2, -0.15) is 8.42 Å². The summed E-state index contributed by atoms with van der Waals surface area (Å²) in [7, 11) is -3.57. The standard InChI is InChI=1S/C17H19N5O2S/c23-25(24)14-7-2-1-6-13(14)17(20-25)21-9-3-5-12(11-21)16-19-18-15-8-4-10-22(15)16/h1-2,6-7,12H,3-5,8-11H2. The van der Waals surface area contributed by atoms with Crippen LogP contribution in [0.5, 0.6) is 0 Å². The lowest BCUT2D eigenvalue weighted by Gasteiger charge is -2.33. The molecule has 0 spiro atoms. The van der Waals surface area contributed by atoms with E-state index in [4.69, 9.17) is 0 Å². The molecule has 0 radical (unpaired) electrons. The molecule has 0 saturated carbocycles. The van der Waals surface area contributed by atoms with Gasteiger partial charge in [-0.15, -0.1) is 14.6 Å². The molecule has 0 aliphatic carbocycles. The summed E-state index contributed by atoms with van der Waals surface area (Å²) in [4.78, 5) is 2.42. The zero-order valence-corrected chi connectivity index (χ0v) is 14.6. The monoisotopic (exact) mass is 357 g/mol. The normalized spacial score (nSPS) is 24.1. The molecule has 3 aliphatic heterocycles. The minimum Gasteiger partial charge on any atom is -0.355 e. The quantitative estimate of drug-likeness (QED) is 0.774. The minimum absolute atomic E-state index is 0.270. The fraction of sp³-hybridized carbons (Fsp3) is 0.471. The molecule has 1 unspecified atom stereocenters. The van der Waals surface area contributed by atoms with Gasteiger partial charge in [0.15, 0.2) is 5.84 Å². The van der Waals surface area contributed by atoms with Crippen LogP contribution in [0.4, 0.5) is 0 Å². The van der Waals surface area contributed by atoms with Crippen molar-refractivity contribution in [1.29, 1.82) is 0 Å². The van der Waals surface area contributed by atoms with Gasteiger partial charge in [0, 0.05) is 37.5 Å². The third-order valence-electron chi connectivity index (χ3n) is 5.34. The predicted octanol–water partition coefficient (Wildman–Crippen LogP) is 1.55. The maximum absolute atomic E-state index is 12.3. The average Bonchev–Trinajstić information content (AvgIpc) is 3.29. The first kappa shape index (κ1) is 15.1. The van der Waals surface area contributed by atoms with Crippen LogP contribution in [-0.4, -0.2) is 47.0 Å². The van der Waals surface area contributed by atoms with E-state index in [0.717, 1.165) is 62.5 Å². The van der Waals surface area contributed by atoms with Gasteiger partial charge in [-0.05, 0) is 31.4 Å². The van der Waals surface area contributed by atoms with Crippen LogP contribution < -0.4 is 0 Å². The van der Waals surface area contributed by atoms with Gasteiger partial charge in [0.2, 0.25) is 0 Å². The van der Waals surface area contributed by atoms with E-state index < -0.39 is 10.0 Å². The highest BCUT2D eigenvalue weighted by molar-refractivity contribution is 7.90. The molecule has 1 aromatic heterocycles. The molecule has 7 nitrogen and oxygen atoms in total. The fourth-order valence-electron chi connectivity index (χ4n) is 4.17. The lowest BCUT2D eigenvalue weighted by atomic mass is 9.96. The highest BCUT2D eigenvalue weighted by Gasteiger charge is 2.35. The van der Waals surface area contributed by atoms with E-state index in [-0.39, 0.29) is 5.92 Å². The Morgan fingerprint density at radius 3 is 2.88 bits per heavy atom. The Kier molecular flexibility index (Phi) is 3.25. The number of aromatic nitrogens is 3. The summed E-state index contributed by atoms with van der Waals surface area (Å²) in [6.07, 6.45) is 4.18. The van der Waals surface area contributed by atoms with Crippen molar-refractivity contribution in [2.75, 3.05) is 13.1 Å². The molecule has 1 aromatic carbocycles. The Hall–Kier alpha value is -2.22. The summed E-state index contributed by atoms with van der Waals surface area (Å²) in [6.45, 7) is 2.55. The summed E-state index contributed by atoms with van der Waals surface area (Å²) >= 11 is 0. The van der Waals surface area contributed by atoms with Gasteiger partial charge >= 0.3 is 0 Å². The van der Waals surface area contributed by atoms with E-state index in [2.05, 4.69) is 24.1 Å². The topological polar surface area (TPSA) is 80.5 Å². The van der Waals surface area contributed by atoms with Crippen LogP contribution in [0.1, 0.15) is 42.4 Å². The molecular formula is C17H19N5O2S. The second kappa shape index (κ2) is 5.39. The van der Waals surface area contributed by atoms with Crippen LogP contribution in [0.3, 0.4) is 0 Å². The number of hydrogen-bond donors (Lipinski definition) is 0. The first-order valence-electron chi connectivity index (χ1n) is 8.75. The van der Waals surface area contributed by atoms with Crippen molar-refractivity contribution in [2.45, 2.75) is 43.0 Å². The number of hydrogen-bond acceptors (Lipinski definition) is 5. The van der Waals surface area contributed by atoms with Gasteiger partial charge in [-0.1, -0.05) is 12.1 Å². The molecule has 2 aromatic rings. The molecule has 0 amide bonds. The van der Waals surface area contributed by atoms with Gasteiger partial charge in [0.25, 0.3) is 10.0 Å². The number of sulfonamides is 1. The van der Waals surface area contributed by atoms with Crippen LogP contribution in [0, 0.1) is 0 Å². The number of nitrogens with zero attached hydrogens (tertiary/aromatic N) is 5. The molecule has 1 atom stereocenters. The summed E-state index contributed by atoms with van der Waals surface area (Å²) < 4.78 is 31.0. The Balaban J connectivity index is 1.48. The van der Waals surface area contributed by atoms with Crippen molar-refractivity contribution in [3.05, 3.63) is 41.5 Å². The van der Waals surface area contributed by atoms with Gasteiger partial charge < -0.3 is 9.47 Å². The molecule has 130 valence electrons. The SMILES string of the molecule is O=S1(=O)N=C(N2CCCC(c3nnc4n3CCC4)C2)c2ccccc21. The van der Waals surface area contributed by atoms with E-state index in [9.17, 15) is 8.42 Å². The molecule has 8 heteroatoms. The molecule has 1 fully saturated rings. The zero-order valence-electron chi connectivity index (χ0n) is 13.8. The second-order valence-electron chi connectivity index (χ2n) is 6.90. The number of rotatable bonds is 1. The predicted molar refractivity (Wildman–Crippen MR) is 92.1 cm³/mol. The van der Waals surface area contributed by atoms with E-state index in [0.29, 0.717) is 10.7 Å². The van der Waals surface area contributed by atoms with Gasteiger partial charge in [0.1, 0.15) is 16.5 Å². The Morgan fingerprint density at radius 1 is 1.08 bits per heavy atom. The number of fused-ring (bicyclic) bond motifs is 2. The number of likely N-dealkylation sites (tertiary alicyclic amines) is 1. The van der Waals surface area contributed by atoms with Gasteiger partial charge in [0.05, 0.1) is 0 Å². The van der Waals surface area contributed by atoms with Gasteiger partial charge in [-0.25, -0.2) is 0 Å². The molecule has 5 rings (SSSR count). The molecular weight excluding hydrogens is 338 g/mol. The molecule has 0 bridgehead atoms. The summed E-state index contributed by atoms with van der Waals surface area (Å²) in [6, 6.07) is 7.08. The van der Waals surface area contributed by atoms with Crippen LogP contribution in [0.25, 0.3) is 0 Å². The van der Waals surface area contributed by atoms with Crippen LogP contribution in [-0.2, 0) is 23.0 Å². The summed E-state index contributed by atoms with van der Waals surface area (Å²) in [5.74, 6) is 2.98. The van der Waals surface area contributed by atoms with Crippen LogP contribution >= 0.6 is 0 Å². The highest BCUT2D eigenvalue weighted by atomic mass is 32.2. The van der Waals surface area contributed by atoms with E-state index in [1.165, 1.54) is 0 Å². The molecule has 25 heavy (non-hydrogen) atoms. The van der Waals surface area contributed by atoms with Crippen LogP contribution in [0.2, 0.25) is 0 Å². The van der Waals surface area contributed by atoms with E-state index in [1.807, 2.05) is 12.1 Å². The Labute approximate surface area is 146 Å². The van der Waals surface area contributed by atoms with Crippen LogP contribution in [0.15, 0.2) is 33.6 Å². The smallest absolute Gasteiger partial charge is 0.285 e. The van der Waals surface area contributed by atoms with Gasteiger partial charge in [-0.3, -0.25) is 0 Å². The molecule has 1 saturated heterocycles. The lowest BCUT2D eigenvalue weighted by Crippen LogP contribution is -2.39. The summed E-state index contributed by atoms with van der Waals surface area (Å²) in [5.41, 5.74) is 0.717. The number of benzene rings is 1. The molecule has 3 aliphatic rings. The van der Waals surface area contributed by atoms with Crippen molar-refractivity contribution in [3.8, 4) is 0 Å². The Morgan fingerprint density at radius 2 is 1.96 bits per heavy atom. The number of aryl methyl sites for hydroxylation is 1. The first-order valence-corrected chi connectivity index (χ1v) is 10.2. The third-order valence-corrected chi connectivity index (χ3v) is 6.66. The highest BCUT2D eigenvalue weighted by Crippen LogP contribution is 2.33. The van der Waals surface area contributed by atoms with Crippen molar-refractivity contribution in [2.24, 2.45) is 4.40 Å². The first-order chi connectivity index (χ1) is 12.1. The Bertz CT molecular complexity index is 979. The number of amidine groups is 1. The molecule has 4 heterocycles. The summed E-state index contributed by atoms with van der Waals surface area (Å²) in [5, 5.41) is 8.75. The van der Waals surface area contributed by atoms with E-state index >= 15 is 0 Å². The molecule has 0 N–H and O–H groups in total. The lowest BCUT2D eigenvalue weighted by molar-refractivity contribution is 0.298. The largest absolute Gasteiger partial charge is 0.355 e. The van der Waals surface area contributed by atoms with Crippen molar-refractivity contribution < 1.29 is 8.42 Å². The van der Waals surface area contributed by atoms with Crippen molar-refractivity contribution in [1.82, 2.24) is 19.7 Å². The van der Waals surface area contributed by atoms with E-state index in [1.54, 1.807) is 12.1 Å². The second-order valence-corrected chi connectivity index (χ2v) is 8.47. The maximum Gasteiger partial charge on any atom is 0.285 e. The van der Waals surface area contributed by atoms with Crippen molar-refractivity contribution >= 4 is 15.9 Å². The fourth-order valence-corrected chi connectivity index (χ4v) is 5.40. The average molecular weight is 357 g/mol. The zero-order chi connectivity index (χ0) is 17.0. The maximum atomic E-state index is 12.3. The van der Waals surface area contributed by atoms with Crippen molar-refractivity contribution in [3.63, 3.8) is 0 Å². The third kappa shape index (κ3) is 2.31. The number of piperidine rings is 1. The minimum atomic E-state index is -3.57.